The third-order valence-corrected chi connectivity index (χ3v) is 4.02. The Morgan fingerprint density at radius 3 is 2.48 bits per heavy atom. The molecular formula is C19H20ClNO4. The summed E-state index contributed by atoms with van der Waals surface area (Å²) in [6.07, 6.45) is 0.878. The van der Waals surface area contributed by atoms with Crippen LogP contribution < -0.4 is 10.1 Å². The number of hydrogen-bond donors (Lipinski definition) is 2. The molecule has 25 heavy (non-hydrogen) atoms. The van der Waals surface area contributed by atoms with Gasteiger partial charge in [-0.15, -0.1) is 0 Å². The third kappa shape index (κ3) is 5.80. The van der Waals surface area contributed by atoms with E-state index in [-0.39, 0.29) is 5.91 Å². The molecule has 2 aromatic rings. The first kappa shape index (κ1) is 18.8. The number of carbonyl (C=O) groups is 2. The van der Waals surface area contributed by atoms with Crippen molar-refractivity contribution in [2.75, 3.05) is 11.9 Å². The molecule has 0 heterocycles. The normalized spacial score (nSPS) is 11.6. The number of amides is 1. The molecule has 2 rings (SSSR count). The maximum atomic E-state index is 11.9. The smallest absolute Gasteiger partial charge is 0.310 e. The van der Waals surface area contributed by atoms with E-state index in [1.165, 1.54) is 0 Å². The number of carboxylic acids is 1. The van der Waals surface area contributed by atoms with E-state index in [0.717, 1.165) is 0 Å². The molecule has 5 nitrogen and oxygen atoms in total. The molecule has 132 valence electrons. The number of hydrogen-bond acceptors (Lipinski definition) is 3. The lowest BCUT2D eigenvalue weighted by Gasteiger charge is -2.10. The van der Waals surface area contributed by atoms with Crippen molar-refractivity contribution >= 4 is 29.2 Å². The van der Waals surface area contributed by atoms with Crippen LogP contribution in [0.1, 0.15) is 31.2 Å². The second-order valence-electron chi connectivity index (χ2n) is 5.61. The molecule has 0 aliphatic rings. The van der Waals surface area contributed by atoms with Gasteiger partial charge in [0.25, 0.3) is 0 Å². The number of carboxylic acid groups (broad SMARTS) is 1. The maximum Gasteiger partial charge on any atom is 0.310 e. The summed E-state index contributed by atoms with van der Waals surface area (Å²) in [4.78, 5) is 22.9. The van der Waals surface area contributed by atoms with Crippen LogP contribution in [0.25, 0.3) is 0 Å². The molecule has 0 aliphatic heterocycles. The van der Waals surface area contributed by atoms with Crippen LogP contribution in [0.4, 0.5) is 5.69 Å². The van der Waals surface area contributed by atoms with Crippen molar-refractivity contribution in [3.63, 3.8) is 0 Å². The minimum Gasteiger partial charge on any atom is -0.492 e. The van der Waals surface area contributed by atoms with E-state index >= 15 is 0 Å². The van der Waals surface area contributed by atoms with Gasteiger partial charge in [-0.05, 0) is 43.2 Å². The minimum atomic E-state index is -0.879. The molecule has 0 saturated heterocycles. The standard InChI is InChI=1S/C19H20ClNO4/c1-13(19(23)24)14-8-10-15(11-9-14)21-18(22)7-4-12-25-17-6-3-2-5-16(17)20/h2-3,5-6,8-11,13H,4,7,12H2,1H3,(H,21,22)(H,23,24). The molecule has 0 spiro atoms. The van der Waals surface area contributed by atoms with Crippen molar-refractivity contribution in [2.45, 2.75) is 25.7 Å². The van der Waals surface area contributed by atoms with E-state index in [1.54, 1.807) is 43.3 Å². The van der Waals surface area contributed by atoms with Gasteiger partial charge in [0.15, 0.2) is 0 Å². The second kappa shape index (κ2) is 9.08. The number of carbonyl (C=O) groups excluding carboxylic acids is 1. The van der Waals surface area contributed by atoms with Gasteiger partial charge in [-0.3, -0.25) is 9.59 Å². The van der Waals surface area contributed by atoms with Crippen LogP contribution in [0.15, 0.2) is 48.5 Å². The number of aliphatic carboxylic acids is 1. The van der Waals surface area contributed by atoms with Crippen molar-refractivity contribution in [3.05, 3.63) is 59.1 Å². The zero-order valence-corrected chi connectivity index (χ0v) is 14.6. The van der Waals surface area contributed by atoms with Crippen LogP contribution in [0.5, 0.6) is 5.75 Å². The van der Waals surface area contributed by atoms with Crippen LogP contribution in [-0.2, 0) is 9.59 Å². The highest BCUT2D eigenvalue weighted by Crippen LogP contribution is 2.23. The van der Waals surface area contributed by atoms with Gasteiger partial charge in [0, 0.05) is 12.1 Å². The lowest BCUT2D eigenvalue weighted by atomic mass is 10.0. The minimum absolute atomic E-state index is 0.123. The molecule has 0 saturated carbocycles. The first-order valence-corrected chi connectivity index (χ1v) is 8.35. The Kier molecular flexibility index (Phi) is 6.83. The molecule has 1 amide bonds. The summed E-state index contributed by atoms with van der Waals surface area (Å²) in [5.74, 6) is -0.975. The lowest BCUT2D eigenvalue weighted by Crippen LogP contribution is -2.13. The first-order valence-electron chi connectivity index (χ1n) is 7.97. The highest BCUT2D eigenvalue weighted by molar-refractivity contribution is 6.32. The summed E-state index contributed by atoms with van der Waals surface area (Å²) < 4.78 is 5.53. The molecule has 1 atom stereocenters. The molecule has 2 aromatic carbocycles. The summed E-state index contributed by atoms with van der Waals surface area (Å²) in [6, 6.07) is 14.0. The van der Waals surface area contributed by atoms with E-state index in [9.17, 15) is 9.59 Å². The number of anilines is 1. The predicted molar refractivity (Wildman–Crippen MR) is 97.3 cm³/mol. The molecule has 6 heteroatoms. The molecule has 1 unspecified atom stereocenters. The van der Waals surface area contributed by atoms with Crippen LogP contribution in [0.2, 0.25) is 5.02 Å². The second-order valence-corrected chi connectivity index (χ2v) is 6.02. The van der Waals surface area contributed by atoms with Gasteiger partial charge >= 0.3 is 5.97 Å². The van der Waals surface area contributed by atoms with Crippen molar-refractivity contribution in [2.24, 2.45) is 0 Å². The number of benzene rings is 2. The Hall–Kier alpha value is -2.53. The third-order valence-electron chi connectivity index (χ3n) is 3.71. The fourth-order valence-corrected chi connectivity index (χ4v) is 2.39. The predicted octanol–water partition coefficient (Wildman–Crippen LogP) is 4.33. The van der Waals surface area contributed by atoms with E-state index in [0.29, 0.717) is 41.5 Å². The lowest BCUT2D eigenvalue weighted by molar-refractivity contribution is -0.138. The van der Waals surface area contributed by atoms with Gasteiger partial charge in [0.2, 0.25) is 5.91 Å². The molecule has 0 aromatic heterocycles. The van der Waals surface area contributed by atoms with Crippen LogP contribution in [0, 0.1) is 0 Å². The number of para-hydroxylation sites is 1. The summed E-state index contributed by atoms with van der Waals surface area (Å²) in [6.45, 7) is 2.02. The van der Waals surface area contributed by atoms with Gasteiger partial charge in [0.05, 0.1) is 17.5 Å². The van der Waals surface area contributed by atoms with Crippen LogP contribution >= 0.6 is 11.6 Å². The monoisotopic (exact) mass is 361 g/mol. The maximum absolute atomic E-state index is 11.9. The number of rotatable bonds is 8. The average Bonchev–Trinajstić information content (AvgIpc) is 2.60. The summed E-state index contributed by atoms with van der Waals surface area (Å²) in [7, 11) is 0. The summed E-state index contributed by atoms with van der Waals surface area (Å²) in [5, 5.41) is 12.3. The highest BCUT2D eigenvalue weighted by atomic mass is 35.5. The van der Waals surface area contributed by atoms with Crippen molar-refractivity contribution in [1.29, 1.82) is 0 Å². The molecule has 0 aliphatic carbocycles. The Balaban J connectivity index is 1.75. The van der Waals surface area contributed by atoms with Crippen molar-refractivity contribution < 1.29 is 19.4 Å². The topological polar surface area (TPSA) is 75.6 Å². The number of nitrogens with one attached hydrogen (secondary N) is 1. The van der Waals surface area contributed by atoms with Crippen molar-refractivity contribution in [1.82, 2.24) is 0 Å². The van der Waals surface area contributed by atoms with Crippen LogP contribution in [-0.4, -0.2) is 23.6 Å². The quantitative estimate of drug-likeness (QED) is 0.686. The largest absolute Gasteiger partial charge is 0.492 e. The Labute approximate surface area is 151 Å². The first-order chi connectivity index (χ1) is 12.0. The number of ether oxygens (including phenoxy) is 1. The van der Waals surface area contributed by atoms with Crippen LogP contribution in [0.3, 0.4) is 0 Å². The Morgan fingerprint density at radius 2 is 1.84 bits per heavy atom. The van der Waals surface area contributed by atoms with E-state index < -0.39 is 11.9 Å². The molecule has 0 bridgehead atoms. The Morgan fingerprint density at radius 1 is 1.16 bits per heavy atom. The fourth-order valence-electron chi connectivity index (χ4n) is 2.20. The summed E-state index contributed by atoms with van der Waals surface area (Å²) in [5.41, 5.74) is 1.33. The molecule has 0 fully saturated rings. The van der Waals surface area contributed by atoms with E-state index in [1.807, 2.05) is 12.1 Å². The number of halogens is 1. The Bertz CT molecular complexity index is 730. The van der Waals surface area contributed by atoms with Gasteiger partial charge in [-0.1, -0.05) is 35.9 Å². The van der Waals surface area contributed by atoms with Gasteiger partial charge < -0.3 is 15.2 Å². The van der Waals surface area contributed by atoms with Gasteiger partial charge in [-0.25, -0.2) is 0 Å². The fraction of sp³-hybridized carbons (Fsp3) is 0.263. The van der Waals surface area contributed by atoms with Gasteiger partial charge in [0.1, 0.15) is 5.75 Å². The molecular weight excluding hydrogens is 342 g/mol. The van der Waals surface area contributed by atoms with Gasteiger partial charge in [-0.2, -0.15) is 0 Å². The van der Waals surface area contributed by atoms with E-state index in [2.05, 4.69) is 5.32 Å². The molecule has 0 radical (unpaired) electrons. The average molecular weight is 362 g/mol. The zero-order chi connectivity index (χ0) is 18.2. The van der Waals surface area contributed by atoms with Crippen molar-refractivity contribution in [3.8, 4) is 5.75 Å². The summed E-state index contributed by atoms with van der Waals surface area (Å²) >= 11 is 5.99. The van der Waals surface area contributed by atoms with E-state index in [4.69, 9.17) is 21.4 Å². The highest BCUT2D eigenvalue weighted by Gasteiger charge is 2.13. The molecule has 2 N–H and O–H groups in total. The zero-order valence-electron chi connectivity index (χ0n) is 13.9. The SMILES string of the molecule is CC(C(=O)O)c1ccc(NC(=O)CCCOc2ccccc2Cl)cc1.